The summed E-state index contributed by atoms with van der Waals surface area (Å²) >= 11 is 0. The number of aryl methyl sites for hydroxylation is 1. The molecule has 5 heteroatoms. The lowest BCUT2D eigenvalue weighted by Crippen LogP contribution is -2.46. The van der Waals surface area contributed by atoms with Gasteiger partial charge in [-0.1, -0.05) is 17.7 Å². The molecule has 3 amide bonds. The summed E-state index contributed by atoms with van der Waals surface area (Å²) in [6, 6.07) is 5.38. The van der Waals surface area contributed by atoms with Gasteiger partial charge in [-0.3, -0.25) is 19.7 Å². The Bertz CT molecular complexity index is 608. The highest BCUT2D eigenvalue weighted by Crippen LogP contribution is 2.43. The quantitative estimate of drug-likeness (QED) is 0.668. The minimum absolute atomic E-state index is 0.00410. The Labute approximate surface area is 104 Å². The van der Waals surface area contributed by atoms with Crippen LogP contribution in [0.15, 0.2) is 18.2 Å². The largest absolute Gasteiger partial charge is 0.323 e. The molecule has 0 aliphatic carbocycles. The number of nitrogens with one attached hydrogen (secondary N) is 1. The van der Waals surface area contributed by atoms with Crippen LogP contribution in [0.2, 0.25) is 0 Å². The molecule has 1 spiro atoms. The maximum atomic E-state index is 12.2. The van der Waals surface area contributed by atoms with Crippen molar-refractivity contribution in [2.75, 3.05) is 7.05 Å². The fourth-order valence-corrected chi connectivity index (χ4v) is 2.81. The average molecular weight is 244 g/mol. The summed E-state index contributed by atoms with van der Waals surface area (Å²) in [6.07, 6.45) is 0.00410. The number of benzene rings is 1. The summed E-state index contributed by atoms with van der Waals surface area (Å²) in [4.78, 5) is 37.1. The molecule has 0 radical (unpaired) electrons. The van der Waals surface area contributed by atoms with Gasteiger partial charge in [0.15, 0.2) is 5.54 Å². The summed E-state index contributed by atoms with van der Waals surface area (Å²) in [5.74, 6) is -0.961. The van der Waals surface area contributed by atoms with E-state index in [4.69, 9.17) is 0 Å². The van der Waals surface area contributed by atoms with Crippen LogP contribution < -0.4 is 5.32 Å². The number of amides is 3. The van der Waals surface area contributed by atoms with Crippen molar-refractivity contribution in [3.8, 4) is 0 Å². The monoisotopic (exact) mass is 244 g/mol. The van der Waals surface area contributed by atoms with Crippen molar-refractivity contribution >= 4 is 17.7 Å². The van der Waals surface area contributed by atoms with Crippen LogP contribution >= 0.6 is 0 Å². The molecule has 18 heavy (non-hydrogen) atoms. The van der Waals surface area contributed by atoms with E-state index in [1.165, 1.54) is 4.90 Å². The normalized spacial score (nSPS) is 25.9. The second kappa shape index (κ2) is 3.19. The van der Waals surface area contributed by atoms with Crippen molar-refractivity contribution < 1.29 is 14.4 Å². The Morgan fingerprint density at radius 3 is 2.61 bits per heavy atom. The van der Waals surface area contributed by atoms with Crippen LogP contribution in [-0.2, 0) is 15.1 Å². The van der Waals surface area contributed by atoms with Gasteiger partial charge in [-0.25, -0.2) is 0 Å². The fourth-order valence-electron chi connectivity index (χ4n) is 2.81. The number of likely N-dealkylation sites (N-methyl/N-ethyl adjacent to an activating group) is 1. The molecule has 1 fully saturated rings. The van der Waals surface area contributed by atoms with E-state index in [9.17, 15) is 14.4 Å². The van der Waals surface area contributed by atoms with Gasteiger partial charge in [0, 0.05) is 18.2 Å². The highest BCUT2D eigenvalue weighted by molar-refractivity contribution is 6.15. The predicted octanol–water partition coefficient (Wildman–Crippen LogP) is 0.322. The van der Waals surface area contributed by atoms with Gasteiger partial charge in [0.2, 0.25) is 5.91 Å². The first-order valence-corrected chi connectivity index (χ1v) is 5.70. The lowest BCUT2D eigenvalue weighted by Gasteiger charge is -2.28. The zero-order chi connectivity index (χ0) is 13.1. The zero-order valence-corrected chi connectivity index (χ0v) is 10.1. The summed E-state index contributed by atoms with van der Waals surface area (Å²) in [7, 11) is 1.57. The highest BCUT2D eigenvalue weighted by atomic mass is 16.2. The summed E-state index contributed by atoms with van der Waals surface area (Å²) in [5.41, 5.74) is 0.959. The van der Waals surface area contributed by atoms with Crippen LogP contribution in [0.3, 0.4) is 0 Å². The highest BCUT2D eigenvalue weighted by Gasteiger charge is 2.58. The topological polar surface area (TPSA) is 66.5 Å². The van der Waals surface area contributed by atoms with Crippen molar-refractivity contribution in [2.45, 2.75) is 18.9 Å². The van der Waals surface area contributed by atoms with Crippen LogP contribution in [0, 0.1) is 6.92 Å². The molecule has 2 aliphatic heterocycles. The van der Waals surface area contributed by atoms with Gasteiger partial charge in [-0.2, -0.15) is 0 Å². The number of hydrogen-bond donors (Lipinski definition) is 1. The van der Waals surface area contributed by atoms with Gasteiger partial charge in [0.25, 0.3) is 11.8 Å². The van der Waals surface area contributed by atoms with Gasteiger partial charge in [0.05, 0.1) is 6.42 Å². The smallest absolute Gasteiger partial charge is 0.257 e. The van der Waals surface area contributed by atoms with Crippen molar-refractivity contribution in [1.82, 2.24) is 10.2 Å². The maximum Gasteiger partial charge on any atom is 0.257 e. The van der Waals surface area contributed by atoms with Crippen LogP contribution in [0.1, 0.15) is 27.9 Å². The van der Waals surface area contributed by atoms with Crippen molar-refractivity contribution in [1.29, 1.82) is 0 Å². The van der Waals surface area contributed by atoms with E-state index < -0.39 is 11.4 Å². The Hall–Kier alpha value is -2.17. The molecular formula is C13H12N2O3. The van der Waals surface area contributed by atoms with Crippen LogP contribution in [0.25, 0.3) is 0 Å². The first-order valence-electron chi connectivity index (χ1n) is 5.70. The molecule has 0 saturated carbocycles. The van der Waals surface area contributed by atoms with Crippen molar-refractivity contribution in [3.05, 3.63) is 34.9 Å². The Balaban J connectivity index is 2.28. The average Bonchev–Trinajstić information content (AvgIpc) is 2.72. The molecule has 1 atom stereocenters. The number of nitrogens with zero attached hydrogens (tertiary/aromatic N) is 1. The molecule has 1 aromatic carbocycles. The molecule has 2 heterocycles. The first-order chi connectivity index (χ1) is 8.46. The molecule has 0 unspecified atom stereocenters. The van der Waals surface area contributed by atoms with E-state index in [0.717, 1.165) is 5.56 Å². The predicted molar refractivity (Wildman–Crippen MR) is 62.7 cm³/mol. The van der Waals surface area contributed by atoms with Gasteiger partial charge in [-0.05, 0) is 13.0 Å². The molecule has 1 saturated heterocycles. The third-order valence-corrected chi connectivity index (χ3v) is 3.77. The molecule has 0 bridgehead atoms. The fraction of sp³-hybridized carbons (Fsp3) is 0.308. The van der Waals surface area contributed by atoms with Crippen molar-refractivity contribution in [2.24, 2.45) is 0 Å². The van der Waals surface area contributed by atoms with Crippen LogP contribution in [-0.4, -0.2) is 29.7 Å². The number of fused-ring (bicyclic) bond motifs is 2. The van der Waals surface area contributed by atoms with Crippen LogP contribution in [0.4, 0.5) is 0 Å². The number of carbonyl (C=O) groups is 3. The van der Waals surface area contributed by atoms with Gasteiger partial charge >= 0.3 is 0 Å². The van der Waals surface area contributed by atoms with Crippen molar-refractivity contribution in [3.63, 3.8) is 0 Å². The Morgan fingerprint density at radius 2 is 2.00 bits per heavy atom. The summed E-state index contributed by atoms with van der Waals surface area (Å²) in [6.45, 7) is 1.89. The summed E-state index contributed by atoms with van der Waals surface area (Å²) in [5, 5.41) is 2.28. The summed E-state index contributed by atoms with van der Waals surface area (Å²) < 4.78 is 0. The molecule has 92 valence electrons. The number of rotatable bonds is 0. The van der Waals surface area contributed by atoms with E-state index in [-0.39, 0.29) is 18.2 Å². The molecule has 1 aromatic rings. The Kier molecular flexibility index (Phi) is 1.94. The van der Waals surface area contributed by atoms with E-state index in [0.29, 0.717) is 11.1 Å². The second-order valence-electron chi connectivity index (χ2n) is 4.83. The third kappa shape index (κ3) is 1.08. The minimum Gasteiger partial charge on any atom is -0.323 e. The maximum absolute atomic E-state index is 12.2. The molecule has 3 rings (SSSR count). The standard InChI is InChI=1S/C13H12N2O3/c1-7-3-4-9-8(5-7)11(17)15(2)13(9)6-10(16)14-12(13)18/h3-5H,6H2,1-2H3,(H,14,16,18)/t13-/m0/s1. The van der Waals surface area contributed by atoms with E-state index in [2.05, 4.69) is 5.32 Å². The third-order valence-electron chi connectivity index (χ3n) is 3.77. The Morgan fingerprint density at radius 1 is 1.28 bits per heavy atom. The van der Waals surface area contributed by atoms with Gasteiger partial charge < -0.3 is 4.90 Å². The molecule has 5 nitrogen and oxygen atoms in total. The lowest BCUT2D eigenvalue weighted by atomic mass is 9.87. The molecule has 2 aliphatic rings. The van der Waals surface area contributed by atoms with E-state index in [1.54, 1.807) is 19.2 Å². The number of imide groups is 1. The minimum atomic E-state index is -1.14. The van der Waals surface area contributed by atoms with Gasteiger partial charge in [0.1, 0.15) is 0 Å². The van der Waals surface area contributed by atoms with E-state index >= 15 is 0 Å². The van der Waals surface area contributed by atoms with Crippen LogP contribution in [0.5, 0.6) is 0 Å². The van der Waals surface area contributed by atoms with Gasteiger partial charge in [-0.15, -0.1) is 0 Å². The SMILES string of the molecule is Cc1ccc2c(c1)C(=O)N(C)[C@@]21CC(=O)NC1=O. The number of carbonyl (C=O) groups excluding carboxylic acids is 3. The lowest BCUT2D eigenvalue weighted by molar-refractivity contribution is -0.128. The molecular weight excluding hydrogens is 232 g/mol. The number of hydrogen-bond acceptors (Lipinski definition) is 3. The molecule has 0 aromatic heterocycles. The van der Waals surface area contributed by atoms with E-state index in [1.807, 2.05) is 13.0 Å². The first kappa shape index (κ1) is 11.0. The molecule has 1 N–H and O–H groups in total. The zero-order valence-electron chi connectivity index (χ0n) is 10.1. The second-order valence-corrected chi connectivity index (χ2v) is 4.83.